The number of amides is 2. The SMILES string of the molecule is CN(Cc1ccc(Br)s1)C(=O)[C@@H]1CSCN1C(=O)c1ccccc1. The van der Waals surface area contributed by atoms with Crippen molar-refractivity contribution < 1.29 is 9.59 Å². The largest absolute Gasteiger partial charge is 0.339 e. The van der Waals surface area contributed by atoms with E-state index < -0.39 is 6.04 Å². The molecule has 0 N–H and O–H groups in total. The second kappa shape index (κ2) is 7.72. The molecule has 2 aromatic rings. The van der Waals surface area contributed by atoms with Crippen molar-refractivity contribution in [3.63, 3.8) is 0 Å². The van der Waals surface area contributed by atoms with E-state index in [9.17, 15) is 9.59 Å². The van der Waals surface area contributed by atoms with Crippen molar-refractivity contribution in [2.75, 3.05) is 18.7 Å². The first kappa shape index (κ1) is 17.5. The van der Waals surface area contributed by atoms with Crippen molar-refractivity contribution in [1.82, 2.24) is 9.80 Å². The van der Waals surface area contributed by atoms with Crippen LogP contribution in [0.4, 0.5) is 0 Å². The summed E-state index contributed by atoms with van der Waals surface area (Å²) < 4.78 is 1.05. The molecule has 0 spiro atoms. The number of rotatable bonds is 4. The zero-order valence-corrected chi connectivity index (χ0v) is 16.4. The topological polar surface area (TPSA) is 40.6 Å². The number of likely N-dealkylation sites (N-methyl/N-ethyl adjacent to an activating group) is 1. The van der Waals surface area contributed by atoms with E-state index in [-0.39, 0.29) is 11.8 Å². The first-order valence-corrected chi connectivity index (χ1v) is 10.3. The molecule has 0 radical (unpaired) electrons. The van der Waals surface area contributed by atoms with Gasteiger partial charge in [0.2, 0.25) is 5.91 Å². The summed E-state index contributed by atoms with van der Waals surface area (Å²) in [5, 5.41) is 0. The number of nitrogens with zero attached hydrogens (tertiary/aromatic N) is 2. The van der Waals surface area contributed by atoms with Crippen LogP contribution in [0.3, 0.4) is 0 Å². The van der Waals surface area contributed by atoms with Crippen molar-refractivity contribution in [2.45, 2.75) is 12.6 Å². The van der Waals surface area contributed by atoms with E-state index in [2.05, 4.69) is 15.9 Å². The van der Waals surface area contributed by atoms with Gasteiger partial charge in [-0.3, -0.25) is 9.59 Å². The van der Waals surface area contributed by atoms with E-state index in [0.29, 0.717) is 23.7 Å². The molecule has 24 heavy (non-hydrogen) atoms. The van der Waals surface area contributed by atoms with Crippen LogP contribution in [-0.2, 0) is 11.3 Å². The monoisotopic (exact) mass is 424 g/mol. The van der Waals surface area contributed by atoms with Crippen LogP contribution in [0, 0.1) is 0 Å². The van der Waals surface area contributed by atoms with Crippen LogP contribution in [0.15, 0.2) is 46.3 Å². The van der Waals surface area contributed by atoms with E-state index in [4.69, 9.17) is 0 Å². The molecular weight excluding hydrogens is 408 g/mol. The zero-order valence-electron chi connectivity index (χ0n) is 13.1. The Morgan fingerprint density at radius 2 is 2.00 bits per heavy atom. The summed E-state index contributed by atoms with van der Waals surface area (Å²) in [6.07, 6.45) is 0. The van der Waals surface area contributed by atoms with Gasteiger partial charge in [0.15, 0.2) is 0 Å². The summed E-state index contributed by atoms with van der Waals surface area (Å²) in [6, 6.07) is 12.7. The van der Waals surface area contributed by atoms with E-state index in [1.165, 1.54) is 0 Å². The molecule has 0 aliphatic carbocycles. The van der Waals surface area contributed by atoms with E-state index in [0.717, 1.165) is 8.66 Å². The summed E-state index contributed by atoms with van der Waals surface area (Å²) in [4.78, 5) is 30.0. The molecule has 1 aromatic heterocycles. The van der Waals surface area contributed by atoms with Gasteiger partial charge >= 0.3 is 0 Å². The number of halogens is 1. The minimum atomic E-state index is -0.392. The lowest BCUT2D eigenvalue weighted by molar-refractivity contribution is -0.134. The van der Waals surface area contributed by atoms with Gasteiger partial charge in [-0.15, -0.1) is 23.1 Å². The van der Waals surface area contributed by atoms with E-state index in [1.54, 1.807) is 52.1 Å². The Balaban J connectivity index is 1.70. The molecule has 2 heterocycles. The second-order valence-corrected chi connectivity index (χ2v) is 9.10. The van der Waals surface area contributed by atoms with Gasteiger partial charge in [-0.25, -0.2) is 0 Å². The van der Waals surface area contributed by atoms with Crippen LogP contribution >= 0.6 is 39.0 Å². The average Bonchev–Trinajstić information content (AvgIpc) is 3.23. The third kappa shape index (κ3) is 3.84. The molecule has 0 bridgehead atoms. The van der Waals surface area contributed by atoms with Gasteiger partial charge in [0.05, 0.1) is 16.2 Å². The Bertz CT molecular complexity index is 735. The van der Waals surface area contributed by atoms with Gasteiger partial charge in [0, 0.05) is 23.2 Å². The fourth-order valence-electron chi connectivity index (χ4n) is 2.60. The maximum absolute atomic E-state index is 12.8. The highest BCUT2D eigenvalue weighted by Crippen LogP contribution is 2.26. The first-order chi connectivity index (χ1) is 11.6. The Morgan fingerprint density at radius 3 is 2.67 bits per heavy atom. The smallest absolute Gasteiger partial charge is 0.255 e. The summed E-state index contributed by atoms with van der Waals surface area (Å²) in [7, 11) is 1.80. The van der Waals surface area contributed by atoms with Crippen LogP contribution in [0.1, 0.15) is 15.2 Å². The molecule has 3 rings (SSSR count). The predicted octanol–water partition coefficient (Wildman–Crippen LogP) is 3.68. The van der Waals surface area contributed by atoms with Gasteiger partial charge in [-0.2, -0.15) is 0 Å². The summed E-state index contributed by atoms with van der Waals surface area (Å²) in [5.74, 6) is 1.12. The Hall–Kier alpha value is -1.31. The van der Waals surface area contributed by atoms with Gasteiger partial charge in [-0.1, -0.05) is 18.2 Å². The molecule has 1 aromatic carbocycles. The molecule has 1 aliphatic rings. The van der Waals surface area contributed by atoms with Crippen molar-refractivity contribution in [3.05, 3.63) is 56.7 Å². The number of benzene rings is 1. The number of thiophene rings is 1. The molecule has 1 aliphatic heterocycles. The van der Waals surface area contributed by atoms with Crippen LogP contribution in [0.2, 0.25) is 0 Å². The molecule has 1 atom stereocenters. The Kier molecular flexibility index (Phi) is 5.63. The molecule has 7 heteroatoms. The summed E-state index contributed by atoms with van der Waals surface area (Å²) >= 11 is 6.68. The van der Waals surface area contributed by atoms with Crippen LogP contribution < -0.4 is 0 Å². The second-order valence-electron chi connectivity index (χ2n) is 5.56. The highest BCUT2D eigenvalue weighted by molar-refractivity contribution is 9.11. The van der Waals surface area contributed by atoms with Gasteiger partial charge < -0.3 is 9.80 Å². The average molecular weight is 425 g/mol. The normalized spacial score (nSPS) is 17.1. The fraction of sp³-hybridized carbons (Fsp3) is 0.294. The minimum absolute atomic E-state index is 0.00574. The van der Waals surface area contributed by atoms with Crippen LogP contribution in [0.25, 0.3) is 0 Å². The molecule has 0 saturated carbocycles. The molecule has 0 unspecified atom stereocenters. The lowest BCUT2D eigenvalue weighted by atomic mass is 10.1. The van der Waals surface area contributed by atoms with Crippen molar-refractivity contribution in [2.24, 2.45) is 0 Å². The molecule has 1 saturated heterocycles. The molecule has 126 valence electrons. The predicted molar refractivity (Wildman–Crippen MR) is 102 cm³/mol. The Labute approximate surface area is 158 Å². The van der Waals surface area contributed by atoms with E-state index in [1.807, 2.05) is 30.3 Å². The maximum atomic E-state index is 12.8. The number of carbonyl (C=O) groups excluding carboxylic acids is 2. The molecular formula is C17H17BrN2O2S2. The van der Waals surface area contributed by atoms with Gasteiger partial charge in [0.25, 0.3) is 5.91 Å². The summed E-state index contributed by atoms with van der Waals surface area (Å²) in [6.45, 7) is 0.559. The summed E-state index contributed by atoms with van der Waals surface area (Å²) in [5.41, 5.74) is 0.627. The lowest BCUT2D eigenvalue weighted by Gasteiger charge is -2.27. The van der Waals surface area contributed by atoms with Gasteiger partial charge in [-0.05, 0) is 40.2 Å². The highest BCUT2D eigenvalue weighted by Gasteiger charge is 2.36. The number of carbonyl (C=O) groups is 2. The van der Waals surface area contributed by atoms with Crippen LogP contribution in [-0.4, -0.2) is 46.3 Å². The quantitative estimate of drug-likeness (QED) is 0.751. The third-order valence-corrected chi connectivity index (χ3v) is 6.47. The maximum Gasteiger partial charge on any atom is 0.255 e. The van der Waals surface area contributed by atoms with Crippen molar-refractivity contribution in [3.8, 4) is 0 Å². The first-order valence-electron chi connectivity index (χ1n) is 7.49. The third-order valence-electron chi connectivity index (χ3n) is 3.85. The number of thioether (sulfide) groups is 1. The fourth-order valence-corrected chi connectivity index (χ4v) is 5.28. The Morgan fingerprint density at radius 1 is 1.25 bits per heavy atom. The lowest BCUT2D eigenvalue weighted by Crippen LogP contribution is -2.47. The standard InChI is InChI=1S/C17H17BrN2O2S2/c1-19(9-13-7-8-15(18)24-13)17(22)14-10-23-11-20(14)16(21)12-5-3-2-4-6-12/h2-8,14H,9-11H2,1H3/t14-/m0/s1. The molecule has 4 nitrogen and oxygen atoms in total. The van der Waals surface area contributed by atoms with E-state index >= 15 is 0 Å². The minimum Gasteiger partial charge on any atom is -0.339 e. The number of hydrogen-bond donors (Lipinski definition) is 0. The molecule has 1 fully saturated rings. The van der Waals surface area contributed by atoms with Gasteiger partial charge in [0.1, 0.15) is 6.04 Å². The van der Waals surface area contributed by atoms with Crippen molar-refractivity contribution in [1.29, 1.82) is 0 Å². The van der Waals surface area contributed by atoms with Crippen molar-refractivity contribution >= 4 is 50.8 Å². The zero-order chi connectivity index (χ0) is 17.1. The highest BCUT2D eigenvalue weighted by atomic mass is 79.9. The van der Waals surface area contributed by atoms with Crippen LogP contribution in [0.5, 0.6) is 0 Å². The number of hydrogen-bond acceptors (Lipinski definition) is 4. The molecule has 2 amide bonds.